The van der Waals surface area contributed by atoms with Crippen LogP contribution in [0.2, 0.25) is 5.02 Å². The number of anilines is 2. The van der Waals surface area contributed by atoms with E-state index in [1.165, 1.54) is 6.33 Å². The molecule has 88 valence electrons. The molecule has 0 aliphatic carbocycles. The zero-order valence-electron chi connectivity index (χ0n) is 9.18. The van der Waals surface area contributed by atoms with E-state index in [4.69, 9.17) is 17.3 Å². The molecular formula is C10H11ClN6. The minimum Gasteiger partial charge on any atom is -0.382 e. The number of nitrogens with two attached hydrogens (primary N) is 1. The fourth-order valence-electron chi connectivity index (χ4n) is 1.28. The second-order valence-electron chi connectivity index (χ2n) is 3.37. The Labute approximate surface area is 103 Å². The van der Waals surface area contributed by atoms with Crippen molar-refractivity contribution < 1.29 is 0 Å². The number of nitrogen functional groups attached to an aromatic ring is 1. The minimum atomic E-state index is 0.253. The Bertz CT molecular complexity index is 530. The van der Waals surface area contributed by atoms with Gasteiger partial charge < -0.3 is 11.1 Å². The molecule has 0 aromatic carbocycles. The lowest BCUT2D eigenvalue weighted by atomic mass is 10.4. The molecule has 0 aliphatic heterocycles. The monoisotopic (exact) mass is 250 g/mol. The molecule has 3 N–H and O–H groups in total. The molecule has 17 heavy (non-hydrogen) atoms. The average Bonchev–Trinajstić information content (AvgIpc) is 2.31. The minimum absolute atomic E-state index is 0.253. The SMILES string of the molecule is Cc1nccc(CNc2ncnc(N)c2Cl)n1. The van der Waals surface area contributed by atoms with Crippen LogP contribution in [-0.2, 0) is 6.54 Å². The van der Waals surface area contributed by atoms with Crippen molar-refractivity contribution in [3.05, 3.63) is 35.1 Å². The molecule has 2 heterocycles. The summed E-state index contributed by atoms with van der Waals surface area (Å²) < 4.78 is 0. The van der Waals surface area contributed by atoms with Crippen molar-refractivity contribution in [1.82, 2.24) is 19.9 Å². The molecule has 0 fully saturated rings. The first-order chi connectivity index (χ1) is 8.16. The van der Waals surface area contributed by atoms with Crippen molar-refractivity contribution in [2.75, 3.05) is 11.1 Å². The Morgan fingerprint density at radius 3 is 2.94 bits per heavy atom. The van der Waals surface area contributed by atoms with E-state index in [0.29, 0.717) is 17.4 Å². The number of hydrogen-bond acceptors (Lipinski definition) is 6. The van der Waals surface area contributed by atoms with Crippen LogP contribution in [0.15, 0.2) is 18.6 Å². The van der Waals surface area contributed by atoms with Crippen molar-refractivity contribution >= 4 is 23.2 Å². The maximum absolute atomic E-state index is 5.95. The summed E-state index contributed by atoms with van der Waals surface area (Å²) >= 11 is 5.95. The van der Waals surface area contributed by atoms with Crippen molar-refractivity contribution in [3.63, 3.8) is 0 Å². The van der Waals surface area contributed by atoms with Gasteiger partial charge in [-0.25, -0.2) is 19.9 Å². The first-order valence-corrected chi connectivity index (χ1v) is 5.33. The normalized spacial score (nSPS) is 10.2. The molecule has 2 rings (SSSR count). The Kier molecular flexibility index (Phi) is 3.34. The molecule has 0 radical (unpaired) electrons. The van der Waals surface area contributed by atoms with Gasteiger partial charge in [-0.15, -0.1) is 0 Å². The smallest absolute Gasteiger partial charge is 0.150 e. The molecule has 0 atom stereocenters. The molecule has 0 bridgehead atoms. The molecular weight excluding hydrogens is 240 g/mol. The maximum atomic E-state index is 5.95. The van der Waals surface area contributed by atoms with Crippen LogP contribution in [0.3, 0.4) is 0 Å². The Hall–Kier alpha value is -1.95. The standard InChI is InChI=1S/C10H11ClN6/c1-6-13-3-2-7(17-6)4-14-10-8(11)9(12)15-5-16-10/h2-3,5H,4H2,1H3,(H3,12,14,15,16). The van der Waals surface area contributed by atoms with Crippen molar-refractivity contribution in [3.8, 4) is 0 Å². The second-order valence-corrected chi connectivity index (χ2v) is 3.75. The van der Waals surface area contributed by atoms with E-state index in [1.54, 1.807) is 6.20 Å². The Balaban J connectivity index is 2.10. The van der Waals surface area contributed by atoms with Gasteiger partial charge in [0.15, 0.2) is 5.82 Å². The van der Waals surface area contributed by atoms with E-state index in [0.717, 1.165) is 11.5 Å². The van der Waals surface area contributed by atoms with Gasteiger partial charge in [0.2, 0.25) is 0 Å². The fourth-order valence-corrected chi connectivity index (χ4v) is 1.45. The van der Waals surface area contributed by atoms with Gasteiger partial charge in [0.25, 0.3) is 0 Å². The highest BCUT2D eigenvalue weighted by atomic mass is 35.5. The van der Waals surface area contributed by atoms with Gasteiger partial charge in [0.05, 0.1) is 12.2 Å². The molecule has 2 aromatic rings. The van der Waals surface area contributed by atoms with Gasteiger partial charge in [-0.3, -0.25) is 0 Å². The summed E-state index contributed by atoms with van der Waals surface area (Å²) in [5.74, 6) is 1.47. The third-order valence-corrected chi connectivity index (χ3v) is 2.46. The van der Waals surface area contributed by atoms with Gasteiger partial charge >= 0.3 is 0 Å². The van der Waals surface area contributed by atoms with Gasteiger partial charge in [-0.05, 0) is 13.0 Å². The molecule has 0 aliphatic rings. The zero-order chi connectivity index (χ0) is 12.3. The van der Waals surface area contributed by atoms with E-state index < -0.39 is 0 Å². The van der Waals surface area contributed by atoms with Crippen LogP contribution in [-0.4, -0.2) is 19.9 Å². The molecule has 0 amide bonds. The zero-order valence-corrected chi connectivity index (χ0v) is 9.94. The van der Waals surface area contributed by atoms with Crippen LogP contribution >= 0.6 is 11.6 Å². The maximum Gasteiger partial charge on any atom is 0.150 e. The van der Waals surface area contributed by atoms with E-state index in [1.807, 2.05) is 13.0 Å². The lowest BCUT2D eigenvalue weighted by Gasteiger charge is -2.07. The summed E-state index contributed by atoms with van der Waals surface area (Å²) in [4.78, 5) is 16.0. The highest BCUT2D eigenvalue weighted by molar-refractivity contribution is 6.35. The van der Waals surface area contributed by atoms with Crippen LogP contribution in [0.4, 0.5) is 11.6 Å². The summed E-state index contributed by atoms with van der Waals surface area (Å²) in [6.45, 7) is 2.33. The predicted octanol–water partition coefficient (Wildman–Crippen LogP) is 1.42. The van der Waals surface area contributed by atoms with Crippen LogP contribution in [0.1, 0.15) is 11.5 Å². The number of rotatable bonds is 3. The lowest BCUT2D eigenvalue weighted by Crippen LogP contribution is -2.06. The summed E-state index contributed by atoms with van der Waals surface area (Å²) in [6, 6.07) is 1.82. The van der Waals surface area contributed by atoms with Crippen LogP contribution in [0.25, 0.3) is 0 Å². The average molecular weight is 251 g/mol. The molecule has 0 saturated carbocycles. The van der Waals surface area contributed by atoms with Crippen molar-refractivity contribution in [2.45, 2.75) is 13.5 Å². The van der Waals surface area contributed by atoms with Gasteiger partial charge in [0.1, 0.15) is 23.0 Å². The van der Waals surface area contributed by atoms with Crippen molar-refractivity contribution in [2.24, 2.45) is 0 Å². The predicted molar refractivity (Wildman–Crippen MR) is 65.6 cm³/mol. The highest BCUT2D eigenvalue weighted by Crippen LogP contribution is 2.23. The van der Waals surface area contributed by atoms with E-state index >= 15 is 0 Å². The molecule has 6 nitrogen and oxygen atoms in total. The molecule has 0 saturated heterocycles. The summed E-state index contributed by atoms with van der Waals surface area (Å²) in [5.41, 5.74) is 6.42. The Morgan fingerprint density at radius 2 is 2.18 bits per heavy atom. The van der Waals surface area contributed by atoms with Crippen LogP contribution < -0.4 is 11.1 Å². The van der Waals surface area contributed by atoms with E-state index in [-0.39, 0.29) is 5.82 Å². The third kappa shape index (κ3) is 2.79. The number of aromatic nitrogens is 4. The van der Waals surface area contributed by atoms with Gasteiger partial charge in [-0.2, -0.15) is 0 Å². The van der Waals surface area contributed by atoms with Gasteiger partial charge in [-0.1, -0.05) is 11.6 Å². The number of halogens is 1. The summed E-state index contributed by atoms with van der Waals surface area (Å²) in [7, 11) is 0. The molecule has 0 unspecified atom stereocenters. The van der Waals surface area contributed by atoms with Crippen molar-refractivity contribution in [1.29, 1.82) is 0 Å². The number of nitrogens with zero attached hydrogens (tertiary/aromatic N) is 4. The van der Waals surface area contributed by atoms with Gasteiger partial charge in [0, 0.05) is 6.20 Å². The lowest BCUT2D eigenvalue weighted by molar-refractivity contribution is 0.948. The molecule has 2 aromatic heterocycles. The quantitative estimate of drug-likeness (QED) is 0.856. The summed E-state index contributed by atoms with van der Waals surface area (Å²) in [5, 5.41) is 3.36. The molecule has 7 heteroatoms. The number of nitrogens with one attached hydrogen (secondary N) is 1. The highest BCUT2D eigenvalue weighted by Gasteiger charge is 2.06. The summed E-state index contributed by atoms with van der Waals surface area (Å²) in [6.07, 6.45) is 3.06. The van der Waals surface area contributed by atoms with Crippen LogP contribution in [0, 0.1) is 6.92 Å². The number of hydrogen-bond donors (Lipinski definition) is 2. The Morgan fingerprint density at radius 1 is 1.35 bits per heavy atom. The first-order valence-electron chi connectivity index (χ1n) is 4.95. The second kappa shape index (κ2) is 4.92. The molecule has 0 spiro atoms. The largest absolute Gasteiger partial charge is 0.382 e. The van der Waals surface area contributed by atoms with E-state index in [9.17, 15) is 0 Å². The third-order valence-electron chi connectivity index (χ3n) is 2.09. The topological polar surface area (TPSA) is 89.6 Å². The van der Waals surface area contributed by atoms with E-state index in [2.05, 4.69) is 25.3 Å². The number of aryl methyl sites for hydroxylation is 1. The first kappa shape index (κ1) is 11.5. The fraction of sp³-hybridized carbons (Fsp3) is 0.200. The van der Waals surface area contributed by atoms with Crippen LogP contribution in [0.5, 0.6) is 0 Å².